The van der Waals surface area contributed by atoms with Gasteiger partial charge in [0.15, 0.2) is 0 Å². The third kappa shape index (κ3) is 1.65. The first-order chi connectivity index (χ1) is 8.48. The summed E-state index contributed by atoms with van der Waals surface area (Å²) in [6.07, 6.45) is 0.976. The Bertz CT molecular complexity index is 511. The SMILES string of the molecule is CC(C)(C)C1OCCc2c1ccc1c2COC1=O. The molecule has 96 valence electrons. The molecule has 2 aliphatic rings. The van der Waals surface area contributed by atoms with Crippen molar-refractivity contribution in [3.63, 3.8) is 0 Å². The fourth-order valence-corrected chi connectivity index (χ4v) is 2.91. The van der Waals surface area contributed by atoms with Gasteiger partial charge in [-0.1, -0.05) is 26.8 Å². The van der Waals surface area contributed by atoms with Gasteiger partial charge in [-0.15, -0.1) is 0 Å². The second-order valence-corrected chi connectivity index (χ2v) is 6.10. The number of fused-ring (bicyclic) bond motifs is 3. The van der Waals surface area contributed by atoms with Gasteiger partial charge in [-0.2, -0.15) is 0 Å². The average Bonchev–Trinajstić information content (AvgIpc) is 2.69. The van der Waals surface area contributed by atoms with E-state index < -0.39 is 0 Å². The molecule has 2 aliphatic heterocycles. The number of rotatable bonds is 0. The molecule has 0 aromatic heterocycles. The Morgan fingerprint density at radius 2 is 2.00 bits per heavy atom. The summed E-state index contributed by atoms with van der Waals surface area (Å²) in [5.74, 6) is -0.188. The molecule has 0 radical (unpaired) electrons. The fourth-order valence-electron chi connectivity index (χ4n) is 2.91. The molecule has 18 heavy (non-hydrogen) atoms. The van der Waals surface area contributed by atoms with Crippen molar-refractivity contribution < 1.29 is 14.3 Å². The Kier molecular flexibility index (Phi) is 2.49. The Morgan fingerprint density at radius 1 is 1.22 bits per heavy atom. The van der Waals surface area contributed by atoms with Gasteiger partial charge in [-0.25, -0.2) is 4.79 Å². The van der Waals surface area contributed by atoms with Crippen LogP contribution in [0.3, 0.4) is 0 Å². The highest BCUT2D eigenvalue weighted by Gasteiger charge is 2.35. The lowest BCUT2D eigenvalue weighted by atomic mass is 9.79. The lowest BCUT2D eigenvalue weighted by molar-refractivity contribution is -0.0288. The number of benzene rings is 1. The predicted molar refractivity (Wildman–Crippen MR) is 67.4 cm³/mol. The molecule has 1 aromatic rings. The van der Waals surface area contributed by atoms with Crippen molar-refractivity contribution in [2.75, 3.05) is 6.61 Å². The third-order valence-corrected chi connectivity index (χ3v) is 3.74. The van der Waals surface area contributed by atoms with Crippen molar-refractivity contribution in [3.8, 4) is 0 Å². The summed E-state index contributed by atoms with van der Waals surface area (Å²) in [5.41, 5.74) is 4.38. The van der Waals surface area contributed by atoms with Crippen molar-refractivity contribution in [1.82, 2.24) is 0 Å². The van der Waals surface area contributed by atoms with Crippen LogP contribution in [0.2, 0.25) is 0 Å². The number of carbonyl (C=O) groups excluding carboxylic acids is 1. The van der Waals surface area contributed by atoms with Crippen LogP contribution in [0, 0.1) is 5.41 Å². The molecule has 2 heterocycles. The smallest absolute Gasteiger partial charge is 0.338 e. The van der Waals surface area contributed by atoms with Crippen molar-refractivity contribution >= 4 is 5.97 Å². The van der Waals surface area contributed by atoms with Gasteiger partial charge in [0.2, 0.25) is 0 Å². The van der Waals surface area contributed by atoms with E-state index in [4.69, 9.17) is 9.47 Å². The van der Waals surface area contributed by atoms with Crippen LogP contribution in [0.5, 0.6) is 0 Å². The van der Waals surface area contributed by atoms with E-state index in [1.807, 2.05) is 12.1 Å². The summed E-state index contributed by atoms with van der Waals surface area (Å²) in [6.45, 7) is 7.69. The molecule has 1 unspecified atom stereocenters. The first-order valence-corrected chi connectivity index (χ1v) is 6.42. The molecule has 0 amide bonds. The molecule has 3 rings (SSSR count). The number of hydrogen-bond acceptors (Lipinski definition) is 3. The van der Waals surface area contributed by atoms with Crippen LogP contribution >= 0.6 is 0 Å². The molecule has 1 atom stereocenters. The molecule has 3 nitrogen and oxygen atoms in total. The van der Waals surface area contributed by atoms with Gasteiger partial charge in [-0.05, 0) is 29.0 Å². The standard InChI is InChI=1S/C15H18O3/c1-15(2,3)13-10-4-5-11-12(8-18-14(11)16)9(10)6-7-17-13/h4-5,13H,6-8H2,1-3H3. The largest absolute Gasteiger partial charge is 0.457 e. The second kappa shape index (κ2) is 3.82. The number of hydrogen-bond donors (Lipinski definition) is 0. The minimum atomic E-state index is -0.188. The normalized spacial score (nSPS) is 22.4. The van der Waals surface area contributed by atoms with Gasteiger partial charge in [-0.3, -0.25) is 0 Å². The summed E-state index contributed by atoms with van der Waals surface area (Å²) in [5, 5.41) is 0. The molecule has 0 bridgehead atoms. The maximum atomic E-state index is 11.6. The van der Waals surface area contributed by atoms with Crippen LogP contribution in [0.4, 0.5) is 0 Å². The van der Waals surface area contributed by atoms with Crippen LogP contribution in [0.25, 0.3) is 0 Å². The highest BCUT2D eigenvalue weighted by atomic mass is 16.5. The van der Waals surface area contributed by atoms with E-state index >= 15 is 0 Å². The second-order valence-electron chi connectivity index (χ2n) is 6.10. The summed E-state index contributed by atoms with van der Waals surface area (Å²) < 4.78 is 11.1. The first-order valence-electron chi connectivity index (χ1n) is 6.42. The van der Waals surface area contributed by atoms with Crippen LogP contribution in [-0.4, -0.2) is 12.6 Å². The molecule has 0 saturated carbocycles. The average molecular weight is 246 g/mol. The summed E-state index contributed by atoms with van der Waals surface area (Å²) >= 11 is 0. The summed E-state index contributed by atoms with van der Waals surface area (Å²) in [7, 11) is 0. The van der Waals surface area contributed by atoms with Gasteiger partial charge in [0, 0.05) is 5.56 Å². The number of cyclic esters (lactones) is 1. The quantitative estimate of drug-likeness (QED) is 0.660. The van der Waals surface area contributed by atoms with Crippen molar-refractivity contribution in [3.05, 3.63) is 34.4 Å². The van der Waals surface area contributed by atoms with E-state index in [-0.39, 0.29) is 17.5 Å². The van der Waals surface area contributed by atoms with E-state index in [9.17, 15) is 4.79 Å². The third-order valence-electron chi connectivity index (χ3n) is 3.74. The Labute approximate surface area is 107 Å². The Morgan fingerprint density at radius 3 is 2.72 bits per heavy atom. The van der Waals surface area contributed by atoms with Gasteiger partial charge in [0.05, 0.1) is 18.3 Å². The lowest BCUT2D eigenvalue weighted by Gasteiger charge is -2.36. The molecule has 1 aromatic carbocycles. The number of carbonyl (C=O) groups is 1. The van der Waals surface area contributed by atoms with Crippen LogP contribution in [-0.2, 0) is 22.5 Å². The molecule has 3 heteroatoms. The highest BCUT2D eigenvalue weighted by Crippen LogP contribution is 2.42. The topological polar surface area (TPSA) is 35.5 Å². The summed E-state index contributed by atoms with van der Waals surface area (Å²) in [4.78, 5) is 11.6. The maximum Gasteiger partial charge on any atom is 0.338 e. The van der Waals surface area contributed by atoms with Gasteiger partial charge in [0.1, 0.15) is 6.61 Å². The summed E-state index contributed by atoms with van der Waals surface area (Å²) in [6, 6.07) is 3.92. The van der Waals surface area contributed by atoms with Gasteiger partial charge < -0.3 is 9.47 Å². The maximum absolute atomic E-state index is 11.6. The van der Waals surface area contributed by atoms with Crippen LogP contribution in [0.15, 0.2) is 12.1 Å². The predicted octanol–water partition coefficient (Wildman–Crippen LogP) is 3.02. The molecule has 0 spiro atoms. The van der Waals surface area contributed by atoms with E-state index in [0.29, 0.717) is 6.61 Å². The molecular weight excluding hydrogens is 228 g/mol. The van der Waals surface area contributed by atoms with Crippen molar-refractivity contribution in [2.45, 2.75) is 39.9 Å². The monoisotopic (exact) mass is 246 g/mol. The minimum Gasteiger partial charge on any atom is -0.457 e. The minimum absolute atomic E-state index is 0.0624. The fraction of sp³-hybridized carbons (Fsp3) is 0.533. The van der Waals surface area contributed by atoms with E-state index in [1.165, 1.54) is 11.1 Å². The molecule has 0 N–H and O–H groups in total. The number of ether oxygens (including phenoxy) is 2. The van der Waals surface area contributed by atoms with Crippen molar-refractivity contribution in [1.29, 1.82) is 0 Å². The van der Waals surface area contributed by atoms with Gasteiger partial charge >= 0.3 is 5.97 Å². The lowest BCUT2D eigenvalue weighted by Crippen LogP contribution is -2.28. The van der Waals surface area contributed by atoms with E-state index in [1.54, 1.807) is 0 Å². The zero-order chi connectivity index (χ0) is 12.9. The Hall–Kier alpha value is -1.35. The molecule has 0 aliphatic carbocycles. The van der Waals surface area contributed by atoms with Crippen LogP contribution < -0.4 is 0 Å². The highest BCUT2D eigenvalue weighted by molar-refractivity contribution is 5.94. The zero-order valence-corrected chi connectivity index (χ0v) is 11.1. The van der Waals surface area contributed by atoms with Crippen molar-refractivity contribution in [2.24, 2.45) is 5.41 Å². The van der Waals surface area contributed by atoms with Crippen LogP contribution in [0.1, 0.15) is 53.9 Å². The molecular formula is C15H18O3. The van der Waals surface area contributed by atoms with E-state index in [0.717, 1.165) is 24.2 Å². The number of esters is 1. The zero-order valence-electron chi connectivity index (χ0n) is 11.1. The first kappa shape index (κ1) is 11.7. The van der Waals surface area contributed by atoms with E-state index in [2.05, 4.69) is 20.8 Å². The molecule has 0 fully saturated rings. The Balaban J connectivity index is 2.13. The molecule has 0 saturated heterocycles. The van der Waals surface area contributed by atoms with Gasteiger partial charge in [0.25, 0.3) is 0 Å².